The summed E-state index contributed by atoms with van der Waals surface area (Å²) in [4.78, 5) is 16.7. The standard InChI is InChI=1S/C15H13N3O/c1-10-4-3-5-12(11(10)2)15(19)13-8-17-18-7-6-16-9-14(13)18/h3-9H,1-2H3. The third kappa shape index (κ3) is 1.81. The number of carbonyl (C=O) groups is 1. The Hall–Kier alpha value is -2.49. The molecule has 0 fully saturated rings. The van der Waals surface area contributed by atoms with Crippen LogP contribution in [0.3, 0.4) is 0 Å². The van der Waals surface area contributed by atoms with E-state index < -0.39 is 0 Å². The molecule has 0 bridgehead atoms. The summed E-state index contributed by atoms with van der Waals surface area (Å²) >= 11 is 0. The Labute approximate surface area is 110 Å². The lowest BCUT2D eigenvalue weighted by Crippen LogP contribution is -2.04. The number of fused-ring (bicyclic) bond motifs is 1. The van der Waals surface area contributed by atoms with Crippen molar-refractivity contribution in [1.82, 2.24) is 14.6 Å². The van der Waals surface area contributed by atoms with Gasteiger partial charge in [0.1, 0.15) is 0 Å². The Morgan fingerprint density at radius 2 is 2.00 bits per heavy atom. The first-order valence-corrected chi connectivity index (χ1v) is 6.07. The van der Waals surface area contributed by atoms with Crippen molar-refractivity contribution in [2.24, 2.45) is 0 Å². The summed E-state index contributed by atoms with van der Waals surface area (Å²) in [5, 5.41) is 4.17. The van der Waals surface area contributed by atoms with Crippen molar-refractivity contribution in [3.63, 3.8) is 0 Å². The van der Waals surface area contributed by atoms with E-state index in [4.69, 9.17) is 0 Å². The third-order valence-corrected chi connectivity index (χ3v) is 3.42. The highest BCUT2D eigenvalue weighted by Gasteiger charge is 2.17. The van der Waals surface area contributed by atoms with Gasteiger partial charge in [-0.25, -0.2) is 4.52 Å². The fourth-order valence-electron chi connectivity index (χ4n) is 2.15. The molecule has 0 aliphatic heterocycles. The number of benzene rings is 1. The van der Waals surface area contributed by atoms with E-state index in [1.807, 2.05) is 32.0 Å². The Balaban J connectivity index is 2.17. The van der Waals surface area contributed by atoms with Crippen LogP contribution in [0.15, 0.2) is 43.0 Å². The van der Waals surface area contributed by atoms with Crippen LogP contribution in [0, 0.1) is 13.8 Å². The Morgan fingerprint density at radius 3 is 2.84 bits per heavy atom. The zero-order chi connectivity index (χ0) is 13.4. The van der Waals surface area contributed by atoms with Gasteiger partial charge in [0.15, 0.2) is 5.78 Å². The minimum atomic E-state index is -0.01000. The van der Waals surface area contributed by atoms with Crippen LogP contribution in [0.4, 0.5) is 0 Å². The summed E-state index contributed by atoms with van der Waals surface area (Å²) in [7, 11) is 0. The minimum Gasteiger partial charge on any atom is -0.288 e. The Bertz CT molecular complexity index is 774. The number of ketones is 1. The molecule has 0 aliphatic rings. The fourth-order valence-corrected chi connectivity index (χ4v) is 2.15. The molecule has 0 unspecified atom stereocenters. The predicted octanol–water partition coefficient (Wildman–Crippen LogP) is 2.58. The van der Waals surface area contributed by atoms with Crippen LogP contribution in [0.25, 0.3) is 5.52 Å². The second kappa shape index (κ2) is 4.31. The van der Waals surface area contributed by atoms with Crippen molar-refractivity contribution in [3.05, 3.63) is 65.2 Å². The molecular weight excluding hydrogens is 238 g/mol. The first-order chi connectivity index (χ1) is 9.18. The maximum Gasteiger partial charge on any atom is 0.197 e. The number of carbonyl (C=O) groups excluding carboxylic acids is 1. The largest absolute Gasteiger partial charge is 0.288 e. The van der Waals surface area contributed by atoms with Crippen LogP contribution in [-0.4, -0.2) is 20.4 Å². The van der Waals surface area contributed by atoms with Crippen molar-refractivity contribution in [2.45, 2.75) is 13.8 Å². The highest BCUT2D eigenvalue weighted by Crippen LogP contribution is 2.19. The molecule has 2 aromatic heterocycles. The number of hydrogen-bond acceptors (Lipinski definition) is 3. The van der Waals surface area contributed by atoms with Gasteiger partial charge in [0.25, 0.3) is 0 Å². The molecule has 0 amide bonds. The second-order valence-electron chi connectivity index (χ2n) is 4.54. The van der Waals surface area contributed by atoms with Gasteiger partial charge < -0.3 is 0 Å². The van der Waals surface area contributed by atoms with Crippen LogP contribution < -0.4 is 0 Å². The molecule has 0 saturated carbocycles. The molecule has 94 valence electrons. The van der Waals surface area contributed by atoms with Gasteiger partial charge in [-0.05, 0) is 25.0 Å². The lowest BCUT2D eigenvalue weighted by atomic mass is 9.97. The Kier molecular flexibility index (Phi) is 2.63. The lowest BCUT2D eigenvalue weighted by molar-refractivity contribution is 0.103. The minimum absolute atomic E-state index is 0.01000. The molecule has 3 rings (SSSR count). The summed E-state index contributed by atoms with van der Waals surface area (Å²) in [5.41, 5.74) is 4.16. The van der Waals surface area contributed by atoms with E-state index in [2.05, 4.69) is 10.1 Å². The van der Waals surface area contributed by atoms with E-state index in [0.29, 0.717) is 5.56 Å². The predicted molar refractivity (Wildman–Crippen MR) is 72.3 cm³/mol. The van der Waals surface area contributed by atoms with E-state index in [0.717, 1.165) is 22.2 Å². The second-order valence-corrected chi connectivity index (χ2v) is 4.54. The summed E-state index contributed by atoms with van der Waals surface area (Å²) in [5.74, 6) is -0.01000. The average Bonchev–Trinajstić information content (AvgIpc) is 2.85. The maximum atomic E-state index is 12.6. The highest BCUT2D eigenvalue weighted by molar-refractivity contribution is 6.13. The molecule has 0 aliphatic carbocycles. The van der Waals surface area contributed by atoms with Crippen LogP contribution in [0.5, 0.6) is 0 Å². The average molecular weight is 251 g/mol. The van der Waals surface area contributed by atoms with Crippen molar-refractivity contribution in [3.8, 4) is 0 Å². The van der Waals surface area contributed by atoms with E-state index in [1.54, 1.807) is 29.3 Å². The normalized spacial score (nSPS) is 10.8. The molecule has 4 heteroatoms. The highest BCUT2D eigenvalue weighted by atomic mass is 16.1. The van der Waals surface area contributed by atoms with E-state index in [-0.39, 0.29) is 5.78 Å². The molecule has 0 spiro atoms. The monoisotopic (exact) mass is 251 g/mol. The van der Waals surface area contributed by atoms with E-state index >= 15 is 0 Å². The molecule has 2 heterocycles. The third-order valence-electron chi connectivity index (χ3n) is 3.42. The maximum absolute atomic E-state index is 12.6. The van der Waals surface area contributed by atoms with Crippen LogP contribution >= 0.6 is 0 Å². The molecule has 0 atom stereocenters. The van der Waals surface area contributed by atoms with E-state index in [1.165, 1.54) is 0 Å². The molecule has 0 saturated heterocycles. The molecule has 0 radical (unpaired) electrons. The van der Waals surface area contributed by atoms with Crippen LogP contribution in [-0.2, 0) is 0 Å². The van der Waals surface area contributed by atoms with Gasteiger partial charge in [-0.15, -0.1) is 0 Å². The molecule has 4 nitrogen and oxygen atoms in total. The van der Waals surface area contributed by atoms with Gasteiger partial charge >= 0.3 is 0 Å². The van der Waals surface area contributed by atoms with Crippen molar-refractivity contribution in [2.75, 3.05) is 0 Å². The van der Waals surface area contributed by atoms with Gasteiger partial charge in [-0.3, -0.25) is 9.78 Å². The number of rotatable bonds is 2. The summed E-state index contributed by atoms with van der Waals surface area (Å²) in [6.45, 7) is 3.97. The van der Waals surface area contributed by atoms with Gasteiger partial charge in [0.05, 0.1) is 23.5 Å². The Morgan fingerprint density at radius 1 is 1.16 bits per heavy atom. The quantitative estimate of drug-likeness (QED) is 0.658. The van der Waals surface area contributed by atoms with Gasteiger partial charge in [0.2, 0.25) is 0 Å². The summed E-state index contributed by atoms with van der Waals surface area (Å²) in [6.07, 6.45) is 6.63. The van der Waals surface area contributed by atoms with Gasteiger partial charge in [-0.2, -0.15) is 5.10 Å². The first-order valence-electron chi connectivity index (χ1n) is 6.07. The zero-order valence-corrected chi connectivity index (χ0v) is 10.8. The van der Waals surface area contributed by atoms with Crippen LogP contribution in [0.2, 0.25) is 0 Å². The van der Waals surface area contributed by atoms with Gasteiger partial charge in [-0.1, -0.05) is 18.2 Å². The number of hydrogen-bond donors (Lipinski definition) is 0. The van der Waals surface area contributed by atoms with Crippen molar-refractivity contribution in [1.29, 1.82) is 0 Å². The number of aromatic nitrogens is 3. The van der Waals surface area contributed by atoms with E-state index in [9.17, 15) is 4.79 Å². The van der Waals surface area contributed by atoms with Gasteiger partial charge in [0, 0.05) is 18.0 Å². The molecular formula is C15H13N3O. The molecule has 1 aromatic carbocycles. The summed E-state index contributed by atoms with van der Waals surface area (Å²) in [6, 6.07) is 5.76. The lowest BCUT2D eigenvalue weighted by Gasteiger charge is -2.06. The number of nitrogens with zero attached hydrogens (tertiary/aromatic N) is 3. The fraction of sp³-hybridized carbons (Fsp3) is 0.133. The topological polar surface area (TPSA) is 47.3 Å². The molecule has 0 N–H and O–H groups in total. The van der Waals surface area contributed by atoms with Crippen molar-refractivity contribution >= 4 is 11.3 Å². The molecule has 19 heavy (non-hydrogen) atoms. The molecule has 3 aromatic rings. The SMILES string of the molecule is Cc1cccc(C(=O)c2cnn3ccncc23)c1C. The smallest absolute Gasteiger partial charge is 0.197 e. The summed E-state index contributed by atoms with van der Waals surface area (Å²) < 4.78 is 1.66. The zero-order valence-electron chi connectivity index (χ0n) is 10.8. The van der Waals surface area contributed by atoms with Crippen LogP contribution in [0.1, 0.15) is 27.0 Å². The van der Waals surface area contributed by atoms with Crippen molar-refractivity contribution < 1.29 is 4.79 Å². The number of aryl methyl sites for hydroxylation is 1. The first kappa shape index (κ1) is 11.6.